The minimum atomic E-state index is 0.457. The van der Waals surface area contributed by atoms with Crippen molar-refractivity contribution >= 4 is 35.2 Å². The summed E-state index contributed by atoms with van der Waals surface area (Å²) in [5, 5.41) is 8.71. The maximum absolute atomic E-state index is 5.79. The SMILES string of the molecule is Cn1c(C=Cc2cc(C=Cc3ccc(OCc4ccccn4)cc3)n[nH]2)cc2ccccc21. The van der Waals surface area contributed by atoms with Gasteiger partial charge in [-0.15, -0.1) is 0 Å². The van der Waals surface area contributed by atoms with E-state index in [0.717, 1.165) is 34.1 Å². The van der Waals surface area contributed by atoms with Crippen LogP contribution >= 0.6 is 0 Å². The number of rotatable bonds is 7. The van der Waals surface area contributed by atoms with Gasteiger partial charge in [0, 0.05) is 29.8 Å². The van der Waals surface area contributed by atoms with Crippen molar-refractivity contribution in [2.45, 2.75) is 6.61 Å². The fourth-order valence-corrected chi connectivity index (χ4v) is 3.67. The lowest BCUT2D eigenvalue weighted by atomic mass is 10.2. The summed E-state index contributed by atoms with van der Waals surface area (Å²) in [6, 6.07) is 26.4. The molecule has 5 rings (SSSR count). The minimum Gasteiger partial charge on any atom is -0.487 e. The van der Waals surface area contributed by atoms with E-state index >= 15 is 0 Å². The number of H-pyrrole nitrogens is 1. The van der Waals surface area contributed by atoms with Crippen LogP contribution < -0.4 is 4.74 Å². The molecule has 0 aliphatic rings. The lowest BCUT2D eigenvalue weighted by Crippen LogP contribution is -1.97. The summed E-state index contributed by atoms with van der Waals surface area (Å²) in [5.74, 6) is 0.818. The molecule has 5 nitrogen and oxygen atoms in total. The Morgan fingerprint density at radius 2 is 1.73 bits per heavy atom. The summed E-state index contributed by atoms with van der Waals surface area (Å²) in [5.41, 5.74) is 6.19. The highest BCUT2D eigenvalue weighted by Gasteiger charge is 2.02. The quantitative estimate of drug-likeness (QED) is 0.332. The molecule has 0 bridgehead atoms. The number of benzene rings is 2. The average Bonchev–Trinajstić information content (AvgIpc) is 3.45. The summed E-state index contributed by atoms with van der Waals surface area (Å²) in [6.07, 6.45) is 9.95. The van der Waals surface area contributed by atoms with E-state index < -0.39 is 0 Å². The van der Waals surface area contributed by atoms with E-state index in [1.54, 1.807) is 6.20 Å². The second-order valence-electron chi connectivity index (χ2n) is 7.78. The normalized spacial score (nSPS) is 11.7. The molecule has 3 heterocycles. The van der Waals surface area contributed by atoms with Gasteiger partial charge in [-0.2, -0.15) is 5.10 Å². The Morgan fingerprint density at radius 3 is 2.55 bits per heavy atom. The standard InChI is InChI=1S/C28H24N4O/c1-32-26(18-22-6-2-3-8-28(22)32)14-13-24-19-23(30-31-24)12-9-21-10-15-27(16-11-21)33-20-25-7-4-5-17-29-25/h2-19H,20H2,1H3,(H,30,31). The van der Waals surface area contributed by atoms with Gasteiger partial charge in [-0.25, -0.2) is 0 Å². The topological polar surface area (TPSA) is 55.7 Å². The number of nitrogens with one attached hydrogen (secondary N) is 1. The van der Waals surface area contributed by atoms with E-state index in [0.29, 0.717) is 6.61 Å². The van der Waals surface area contributed by atoms with Crippen LogP contribution in [0.2, 0.25) is 0 Å². The van der Waals surface area contributed by atoms with Crippen molar-refractivity contribution < 1.29 is 4.74 Å². The molecule has 0 aliphatic carbocycles. The third-order valence-electron chi connectivity index (χ3n) is 5.48. The van der Waals surface area contributed by atoms with Crippen molar-refractivity contribution in [3.8, 4) is 5.75 Å². The van der Waals surface area contributed by atoms with Crippen LogP contribution in [0.25, 0.3) is 35.2 Å². The highest BCUT2D eigenvalue weighted by Crippen LogP contribution is 2.20. The number of nitrogens with zero attached hydrogens (tertiary/aromatic N) is 3. The zero-order valence-electron chi connectivity index (χ0n) is 18.3. The van der Waals surface area contributed by atoms with Gasteiger partial charge < -0.3 is 9.30 Å². The number of hydrogen-bond acceptors (Lipinski definition) is 3. The molecule has 0 fully saturated rings. The van der Waals surface area contributed by atoms with Crippen molar-refractivity contribution in [1.29, 1.82) is 0 Å². The molecular weight excluding hydrogens is 408 g/mol. The Labute approximate surface area is 192 Å². The molecule has 0 amide bonds. The summed E-state index contributed by atoms with van der Waals surface area (Å²) in [6.45, 7) is 0.457. The van der Waals surface area contributed by atoms with Crippen molar-refractivity contribution in [2.24, 2.45) is 7.05 Å². The predicted octanol–water partition coefficient (Wildman–Crippen LogP) is 6.22. The van der Waals surface area contributed by atoms with Gasteiger partial charge in [0.05, 0.1) is 17.1 Å². The van der Waals surface area contributed by atoms with E-state index in [4.69, 9.17) is 4.74 Å². The lowest BCUT2D eigenvalue weighted by molar-refractivity contribution is 0.301. The molecule has 0 atom stereocenters. The van der Waals surface area contributed by atoms with Crippen LogP contribution in [0.3, 0.4) is 0 Å². The fourth-order valence-electron chi connectivity index (χ4n) is 3.67. The molecule has 0 unspecified atom stereocenters. The second kappa shape index (κ2) is 9.40. The highest BCUT2D eigenvalue weighted by atomic mass is 16.5. The van der Waals surface area contributed by atoms with Crippen LogP contribution in [0.4, 0.5) is 0 Å². The molecule has 0 aliphatic heterocycles. The van der Waals surface area contributed by atoms with Crippen LogP contribution in [-0.2, 0) is 13.7 Å². The number of fused-ring (bicyclic) bond motifs is 1. The number of aromatic amines is 1. The molecule has 2 aromatic carbocycles. The van der Waals surface area contributed by atoms with Crippen molar-refractivity contribution in [3.63, 3.8) is 0 Å². The van der Waals surface area contributed by atoms with Gasteiger partial charge in [0.15, 0.2) is 0 Å². The second-order valence-corrected chi connectivity index (χ2v) is 7.78. The van der Waals surface area contributed by atoms with Crippen LogP contribution in [0.1, 0.15) is 28.3 Å². The van der Waals surface area contributed by atoms with Crippen LogP contribution in [0.15, 0.2) is 85.1 Å². The molecule has 0 spiro atoms. The van der Waals surface area contributed by atoms with Gasteiger partial charge in [0.25, 0.3) is 0 Å². The van der Waals surface area contributed by atoms with Gasteiger partial charge in [0.2, 0.25) is 0 Å². The van der Waals surface area contributed by atoms with Crippen LogP contribution in [0, 0.1) is 0 Å². The Bertz CT molecular complexity index is 1410. The monoisotopic (exact) mass is 432 g/mol. The maximum Gasteiger partial charge on any atom is 0.130 e. The maximum atomic E-state index is 5.79. The molecule has 0 radical (unpaired) electrons. The zero-order chi connectivity index (χ0) is 22.5. The predicted molar refractivity (Wildman–Crippen MR) is 134 cm³/mol. The van der Waals surface area contributed by atoms with Crippen molar-refractivity contribution in [3.05, 3.63) is 113 Å². The summed E-state index contributed by atoms with van der Waals surface area (Å²) >= 11 is 0. The Kier molecular flexibility index (Phi) is 5.85. The van der Waals surface area contributed by atoms with Gasteiger partial charge in [-0.05, 0) is 66.3 Å². The number of aromatic nitrogens is 4. The molecule has 5 aromatic rings. The molecular formula is C28H24N4O. The number of hydrogen-bond donors (Lipinski definition) is 1. The van der Waals surface area contributed by atoms with Gasteiger partial charge in [-0.3, -0.25) is 10.1 Å². The smallest absolute Gasteiger partial charge is 0.130 e. The molecule has 162 valence electrons. The molecule has 33 heavy (non-hydrogen) atoms. The largest absolute Gasteiger partial charge is 0.487 e. The van der Waals surface area contributed by atoms with E-state index in [-0.39, 0.29) is 0 Å². The first kappa shape index (κ1) is 20.5. The van der Waals surface area contributed by atoms with Crippen molar-refractivity contribution in [2.75, 3.05) is 0 Å². The zero-order valence-corrected chi connectivity index (χ0v) is 18.3. The minimum absolute atomic E-state index is 0.457. The number of pyridine rings is 1. The van der Waals surface area contributed by atoms with Crippen LogP contribution in [0.5, 0.6) is 5.75 Å². The molecule has 5 heteroatoms. The number of para-hydroxylation sites is 1. The van der Waals surface area contributed by atoms with E-state index in [2.05, 4.69) is 63.2 Å². The van der Waals surface area contributed by atoms with Crippen molar-refractivity contribution in [1.82, 2.24) is 19.7 Å². The first-order valence-corrected chi connectivity index (χ1v) is 10.8. The summed E-state index contributed by atoms with van der Waals surface area (Å²) in [7, 11) is 2.08. The third kappa shape index (κ3) is 4.93. The van der Waals surface area contributed by atoms with Gasteiger partial charge in [0.1, 0.15) is 12.4 Å². The molecule has 0 saturated carbocycles. The lowest BCUT2D eigenvalue weighted by Gasteiger charge is -2.05. The Hall–Kier alpha value is -4.38. The van der Waals surface area contributed by atoms with E-state index in [1.807, 2.05) is 66.8 Å². The average molecular weight is 433 g/mol. The molecule has 3 aromatic heterocycles. The third-order valence-corrected chi connectivity index (χ3v) is 5.48. The summed E-state index contributed by atoms with van der Waals surface area (Å²) < 4.78 is 7.98. The van der Waals surface area contributed by atoms with Gasteiger partial charge in [-0.1, -0.05) is 42.5 Å². The molecule has 1 N–H and O–H groups in total. The number of ether oxygens (including phenoxy) is 1. The Balaban J connectivity index is 1.20. The Morgan fingerprint density at radius 1 is 0.879 bits per heavy atom. The van der Waals surface area contributed by atoms with Crippen LogP contribution in [-0.4, -0.2) is 19.7 Å². The first-order valence-electron chi connectivity index (χ1n) is 10.8. The molecule has 0 saturated heterocycles. The summed E-state index contributed by atoms with van der Waals surface area (Å²) in [4.78, 5) is 4.27. The van der Waals surface area contributed by atoms with Gasteiger partial charge >= 0.3 is 0 Å². The first-order chi connectivity index (χ1) is 16.2. The van der Waals surface area contributed by atoms with E-state index in [9.17, 15) is 0 Å². The highest BCUT2D eigenvalue weighted by molar-refractivity contribution is 5.85. The number of aryl methyl sites for hydroxylation is 1. The van der Waals surface area contributed by atoms with E-state index in [1.165, 1.54) is 10.9 Å². The fraction of sp³-hybridized carbons (Fsp3) is 0.0714.